The van der Waals surface area contributed by atoms with Gasteiger partial charge in [-0.3, -0.25) is 4.90 Å². The van der Waals surface area contributed by atoms with Crippen LogP contribution in [0.5, 0.6) is 0 Å². The van der Waals surface area contributed by atoms with Gasteiger partial charge in [0.15, 0.2) is 19.7 Å². The van der Waals surface area contributed by atoms with Gasteiger partial charge in [0.2, 0.25) is 0 Å². The highest BCUT2D eigenvalue weighted by Crippen LogP contribution is 2.57. The second kappa shape index (κ2) is 11.0. The first-order valence-corrected chi connectivity index (χ1v) is 18.0. The van der Waals surface area contributed by atoms with Gasteiger partial charge in [0, 0.05) is 44.3 Å². The summed E-state index contributed by atoms with van der Waals surface area (Å²) in [6, 6.07) is 3.46. The minimum Gasteiger partial charge on any atom is -0.321 e. The molecule has 0 saturated carbocycles. The third kappa shape index (κ3) is 5.19. The predicted molar refractivity (Wildman–Crippen MR) is 151 cm³/mol. The Balaban J connectivity index is 1.37. The number of hydrogen-bond acceptors (Lipinski definition) is 6. The van der Waals surface area contributed by atoms with Gasteiger partial charge in [0.25, 0.3) is 0 Å². The van der Waals surface area contributed by atoms with E-state index in [9.17, 15) is 52.4 Å². The number of sulfone groups is 2. The number of fused-ring (bicyclic) bond motifs is 3. The van der Waals surface area contributed by atoms with Crippen molar-refractivity contribution in [3.05, 3.63) is 65.0 Å². The van der Waals surface area contributed by atoms with Crippen LogP contribution >= 0.6 is 0 Å². The number of halogens is 8. The number of urea groups is 1. The van der Waals surface area contributed by atoms with Crippen LogP contribution in [0.1, 0.15) is 29.5 Å². The number of amides is 2. The molecule has 0 radical (unpaired) electrons. The lowest BCUT2D eigenvalue weighted by Crippen LogP contribution is -2.66. The van der Waals surface area contributed by atoms with Crippen LogP contribution in [0.4, 0.5) is 39.9 Å². The van der Waals surface area contributed by atoms with E-state index in [-0.39, 0.29) is 78.5 Å². The zero-order chi connectivity index (χ0) is 34.4. The number of aryl methyl sites for hydroxylation is 1. The molecule has 6 rings (SSSR count). The maximum atomic E-state index is 15.0. The molecule has 0 bridgehead atoms. The number of carbonyl (C=O) groups is 1. The SMILES string of the molecule is O=C(N1CC(N2CCS(=O)(=O)CC2)C1)N1CC[C@@]2(S(=O)(=O)c3ccc(F)cc3)c3ccc(C(F)(C(F)(F)F)C(F)(F)F)cc3CC[C@@H]12. The van der Waals surface area contributed by atoms with Crippen LogP contribution in [0.2, 0.25) is 0 Å². The van der Waals surface area contributed by atoms with E-state index >= 15 is 4.39 Å². The Morgan fingerprint density at radius 1 is 0.872 bits per heavy atom. The molecule has 258 valence electrons. The Kier molecular flexibility index (Phi) is 7.94. The summed E-state index contributed by atoms with van der Waals surface area (Å²) < 4.78 is 161. The van der Waals surface area contributed by atoms with Crippen LogP contribution in [-0.2, 0) is 36.5 Å². The summed E-state index contributed by atoms with van der Waals surface area (Å²) in [7, 11) is -7.72. The summed E-state index contributed by atoms with van der Waals surface area (Å²) in [5, 5.41) is 0. The minimum absolute atomic E-state index is 0.00794. The lowest BCUT2D eigenvalue weighted by atomic mass is 9.77. The summed E-state index contributed by atoms with van der Waals surface area (Å²) in [4.78, 5) is 18.2. The molecule has 0 N–H and O–H groups in total. The van der Waals surface area contributed by atoms with Crippen molar-refractivity contribution in [1.29, 1.82) is 0 Å². The molecule has 1 aliphatic carbocycles. The summed E-state index contributed by atoms with van der Waals surface area (Å²) >= 11 is 0. The fourth-order valence-electron chi connectivity index (χ4n) is 7.40. The molecule has 18 heteroatoms. The number of rotatable bonds is 4. The van der Waals surface area contributed by atoms with E-state index in [1.54, 1.807) is 0 Å². The average molecular weight is 716 g/mol. The number of likely N-dealkylation sites (tertiary alicyclic amines) is 2. The molecule has 4 aliphatic rings. The molecule has 3 heterocycles. The molecule has 2 aromatic carbocycles. The second-order valence-electron chi connectivity index (χ2n) is 12.4. The summed E-state index contributed by atoms with van der Waals surface area (Å²) in [5.74, 6) is -0.773. The molecule has 2 amide bonds. The first kappa shape index (κ1) is 33.9. The summed E-state index contributed by atoms with van der Waals surface area (Å²) in [6.45, 7) is 0.969. The average Bonchev–Trinajstić information content (AvgIpc) is 3.37. The fourth-order valence-corrected chi connectivity index (χ4v) is 11.0. The molecular formula is C29H29F8N3O5S2. The Morgan fingerprint density at radius 2 is 1.47 bits per heavy atom. The van der Waals surface area contributed by atoms with Gasteiger partial charge in [0.1, 0.15) is 10.6 Å². The second-order valence-corrected chi connectivity index (χ2v) is 16.9. The van der Waals surface area contributed by atoms with Crippen molar-refractivity contribution in [2.45, 2.75) is 59.0 Å². The highest BCUT2D eigenvalue weighted by Gasteiger charge is 2.74. The first-order valence-electron chi connectivity index (χ1n) is 14.7. The lowest BCUT2D eigenvalue weighted by Gasteiger charge is -2.49. The number of hydrogen-bond donors (Lipinski definition) is 0. The van der Waals surface area contributed by atoms with Gasteiger partial charge in [0.05, 0.1) is 22.4 Å². The van der Waals surface area contributed by atoms with Gasteiger partial charge in [-0.05, 0) is 54.7 Å². The molecule has 3 saturated heterocycles. The first-order chi connectivity index (χ1) is 21.7. The molecule has 3 aliphatic heterocycles. The van der Waals surface area contributed by atoms with Crippen molar-refractivity contribution in [3.8, 4) is 0 Å². The molecule has 0 aromatic heterocycles. The van der Waals surface area contributed by atoms with E-state index in [2.05, 4.69) is 0 Å². The monoisotopic (exact) mass is 715 g/mol. The van der Waals surface area contributed by atoms with Crippen LogP contribution < -0.4 is 0 Å². The van der Waals surface area contributed by atoms with Gasteiger partial charge >= 0.3 is 24.1 Å². The van der Waals surface area contributed by atoms with Crippen molar-refractivity contribution in [2.75, 3.05) is 44.2 Å². The van der Waals surface area contributed by atoms with Crippen LogP contribution in [0.25, 0.3) is 0 Å². The van der Waals surface area contributed by atoms with Crippen molar-refractivity contribution in [3.63, 3.8) is 0 Å². The van der Waals surface area contributed by atoms with Gasteiger partial charge in [-0.15, -0.1) is 0 Å². The van der Waals surface area contributed by atoms with E-state index in [1.165, 1.54) is 9.80 Å². The Hall–Kier alpha value is -2.99. The maximum absolute atomic E-state index is 15.0. The highest BCUT2D eigenvalue weighted by molar-refractivity contribution is 7.92. The molecule has 2 aromatic rings. The van der Waals surface area contributed by atoms with E-state index < -0.39 is 65.9 Å². The fraction of sp³-hybridized carbons (Fsp3) is 0.552. The quantitative estimate of drug-likeness (QED) is 0.346. The Labute approximate surface area is 265 Å². The third-order valence-electron chi connectivity index (χ3n) is 9.94. The number of carbonyl (C=O) groups excluding carboxylic acids is 1. The topological polar surface area (TPSA) is 95.1 Å². The van der Waals surface area contributed by atoms with Crippen molar-refractivity contribution in [2.24, 2.45) is 0 Å². The van der Waals surface area contributed by atoms with E-state index in [1.807, 2.05) is 4.90 Å². The normalized spacial score (nSPS) is 25.7. The molecule has 0 unspecified atom stereocenters. The van der Waals surface area contributed by atoms with E-state index in [0.29, 0.717) is 19.2 Å². The van der Waals surface area contributed by atoms with Gasteiger partial charge in [-0.2, -0.15) is 26.3 Å². The molecule has 2 atom stereocenters. The number of alkyl halides is 7. The summed E-state index contributed by atoms with van der Waals surface area (Å²) in [5.41, 5.74) is -7.86. The zero-order valence-corrected chi connectivity index (χ0v) is 26.1. The van der Waals surface area contributed by atoms with Crippen molar-refractivity contribution < 1.29 is 56.8 Å². The lowest BCUT2D eigenvalue weighted by molar-refractivity contribution is -0.348. The zero-order valence-electron chi connectivity index (χ0n) is 24.5. The number of benzene rings is 2. The molecule has 0 spiro atoms. The smallest absolute Gasteiger partial charge is 0.321 e. The van der Waals surface area contributed by atoms with Crippen LogP contribution in [0.3, 0.4) is 0 Å². The minimum atomic E-state index is -6.37. The number of nitrogens with zero attached hydrogens (tertiary/aromatic N) is 3. The van der Waals surface area contributed by atoms with Gasteiger partial charge in [-0.1, -0.05) is 18.2 Å². The molecular weight excluding hydrogens is 686 g/mol. The predicted octanol–water partition coefficient (Wildman–Crippen LogP) is 4.34. The van der Waals surface area contributed by atoms with Gasteiger partial charge in [-0.25, -0.2) is 30.4 Å². The standard InChI is InChI=1S/C29H29F8N3O5S2/c30-20-3-5-22(6-4-20)47(44,45)26-9-10-40(25(41)39-16-21(17-39)38-11-13-46(42,43)14-12-38)24(26)8-1-18-15-19(2-7-23(18)26)27(31,28(32,33)34)29(35,36)37/h2-7,15,21,24H,1,8-14,16-17H2/t24-,26-/m1/s1. The highest BCUT2D eigenvalue weighted by atomic mass is 32.2. The summed E-state index contributed by atoms with van der Waals surface area (Å²) in [6.07, 6.45) is -13.5. The van der Waals surface area contributed by atoms with Crippen molar-refractivity contribution in [1.82, 2.24) is 14.7 Å². The maximum Gasteiger partial charge on any atom is 0.435 e. The largest absolute Gasteiger partial charge is 0.435 e. The molecule has 8 nitrogen and oxygen atoms in total. The van der Waals surface area contributed by atoms with Gasteiger partial charge < -0.3 is 9.80 Å². The van der Waals surface area contributed by atoms with Crippen LogP contribution in [0.15, 0.2) is 47.4 Å². The van der Waals surface area contributed by atoms with Crippen LogP contribution in [0, 0.1) is 5.82 Å². The van der Waals surface area contributed by atoms with E-state index in [0.717, 1.165) is 30.3 Å². The molecule has 3 fully saturated rings. The van der Waals surface area contributed by atoms with Crippen molar-refractivity contribution >= 4 is 25.7 Å². The van der Waals surface area contributed by atoms with Crippen LogP contribution in [-0.4, -0.2) is 106 Å². The Morgan fingerprint density at radius 3 is 2.04 bits per heavy atom. The Bertz CT molecular complexity index is 1770. The van der Waals surface area contributed by atoms with E-state index in [4.69, 9.17) is 0 Å². The third-order valence-corrected chi connectivity index (χ3v) is 14.1. The molecule has 47 heavy (non-hydrogen) atoms.